The third-order valence-electron chi connectivity index (χ3n) is 2.71. The number of benzene rings is 2. The SMILES string of the molecule is CNCc1ccccc1Oc1ccc(C(N)=O)cc1. The molecule has 0 aliphatic rings. The van der Waals surface area contributed by atoms with Crippen LogP contribution in [-0.4, -0.2) is 13.0 Å². The molecule has 0 aromatic heterocycles. The van der Waals surface area contributed by atoms with Gasteiger partial charge in [0.05, 0.1) is 0 Å². The van der Waals surface area contributed by atoms with Gasteiger partial charge < -0.3 is 15.8 Å². The van der Waals surface area contributed by atoms with Crippen molar-refractivity contribution in [1.29, 1.82) is 0 Å². The van der Waals surface area contributed by atoms with Crippen LogP contribution in [0.2, 0.25) is 0 Å². The molecule has 3 N–H and O–H groups in total. The molecule has 0 unspecified atom stereocenters. The van der Waals surface area contributed by atoms with Gasteiger partial charge in [0.15, 0.2) is 0 Å². The van der Waals surface area contributed by atoms with Gasteiger partial charge in [0.1, 0.15) is 11.5 Å². The molecule has 1 amide bonds. The number of hydrogen-bond acceptors (Lipinski definition) is 3. The minimum atomic E-state index is -0.442. The lowest BCUT2D eigenvalue weighted by Crippen LogP contribution is -2.10. The number of rotatable bonds is 5. The van der Waals surface area contributed by atoms with Gasteiger partial charge in [-0.05, 0) is 37.4 Å². The van der Waals surface area contributed by atoms with Gasteiger partial charge in [-0.2, -0.15) is 0 Å². The van der Waals surface area contributed by atoms with Gasteiger partial charge in [-0.15, -0.1) is 0 Å². The molecule has 0 aliphatic heterocycles. The topological polar surface area (TPSA) is 64.3 Å². The van der Waals surface area contributed by atoms with Crippen molar-refractivity contribution in [2.24, 2.45) is 5.73 Å². The lowest BCUT2D eigenvalue weighted by Gasteiger charge is -2.10. The Morgan fingerprint density at radius 3 is 2.47 bits per heavy atom. The number of carbonyl (C=O) groups is 1. The van der Waals surface area contributed by atoms with Crippen LogP contribution in [0.3, 0.4) is 0 Å². The Hall–Kier alpha value is -2.33. The molecule has 2 aromatic carbocycles. The van der Waals surface area contributed by atoms with Gasteiger partial charge in [0.2, 0.25) is 5.91 Å². The molecule has 0 saturated carbocycles. The van der Waals surface area contributed by atoms with Gasteiger partial charge in [-0.25, -0.2) is 0 Å². The van der Waals surface area contributed by atoms with E-state index in [0.717, 1.165) is 17.9 Å². The predicted molar refractivity (Wildman–Crippen MR) is 74.2 cm³/mol. The van der Waals surface area contributed by atoms with Crippen molar-refractivity contribution in [2.45, 2.75) is 6.54 Å². The van der Waals surface area contributed by atoms with E-state index in [2.05, 4.69) is 5.32 Å². The fourth-order valence-electron chi connectivity index (χ4n) is 1.75. The van der Waals surface area contributed by atoms with E-state index in [1.807, 2.05) is 31.3 Å². The molecule has 0 bridgehead atoms. The highest BCUT2D eigenvalue weighted by atomic mass is 16.5. The number of nitrogens with one attached hydrogen (secondary N) is 1. The van der Waals surface area contributed by atoms with E-state index in [-0.39, 0.29) is 0 Å². The molecule has 4 heteroatoms. The zero-order valence-corrected chi connectivity index (χ0v) is 10.7. The molecule has 2 rings (SSSR count). The standard InChI is InChI=1S/C15H16N2O2/c1-17-10-12-4-2-3-5-14(12)19-13-8-6-11(7-9-13)15(16)18/h2-9,17H,10H2,1H3,(H2,16,18). The average molecular weight is 256 g/mol. The molecule has 2 aromatic rings. The Morgan fingerprint density at radius 1 is 1.16 bits per heavy atom. The van der Waals surface area contributed by atoms with Gasteiger partial charge in [-0.3, -0.25) is 4.79 Å². The number of amides is 1. The zero-order valence-electron chi connectivity index (χ0n) is 10.7. The summed E-state index contributed by atoms with van der Waals surface area (Å²) in [5.74, 6) is 1.03. The molecule has 0 fully saturated rings. The summed E-state index contributed by atoms with van der Waals surface area (Å²) in [6.07, 6.45) is 0. The van der Waals surface area contributed by atoms with Crippen LogP contribution in [0.15, 0.2) is 48.5 Å². The molecular formula is C15H16N2O2. The minimum Gasteiger partial charge on any atom is -0.457 e. The summed E-state index contributed by atoms with van der Waals surface area (Å²) < 4.78 is 5.80. The first-order valence-electron chi connectivity index (χ1n) is 6.01. The molecule has 0 radical (unpaired) electrons. The van der Waals surface area contributed by atoms with Crippen LogP contribution in [0.5, 0.6) is 11.5 Å². The quantitative estimate of drug-likeness (QED) is 0.862. The van der Waals surface area contributed by atoms with Crippen LogP contribution in [0.1, 0.15) is 15.9 Å². The van der Waals surface area contributed by atoms with Gasteiger partial charge in [0, 0.05) is 17.7 Å². The van der Waals surface area contributed by atoms with Crippen molar-refractivity contribution in [2.75, 3.05) is 7.05 Å². The van der Waals surface area contributed by atoms with E-state index in [4.69, 9.17) is 10.5 Å². The van der Waals surface area contributed by atoms with Gasteiger partial charge >= 0.3 is 0 Å². The summed E-state index contributed by atoms with van der Waals surface area (Å²) in [5.41, 5.74) is 6.73. The molecule has 0 spiro atoms. The van der Waals surface area contributed by atoms with Crippen molar-refractivity contribution in [3.8, 4) is 11.5 Å². The molecule has 0 heterocycles. The summed E-state index contributed by atoms with van der Waals surface area (Å²) in [4.78, 5) is 11.0. The maximum absolute atomic E-state index is 11.0. The van der Waals surface area contributed by atoms with Crippen LogP contribution < -0.4 is 15.8 Å². The molecule has 98 valence electrons. The number of hydrogen-bond donors (Lipinski definition) is 2. The number of carbonyl (C=O) groups excluding carboxylic acids is 1. The largest absolute Gasteiger partial charge is 0.457 e. The van der Waals surface area contributed by atoms with Gasteiger partial charge in [-0.1, -0.05) is 18.2 Å². The van der Waals surface area contributed by atoms with Crippen LogP contribution >= 0.6 is 0 Å². The molecule has 19 heavy (non-hydrogen) atoms. The maximum Gasteiger partial charge on any atom is 0.248 e. The lowest BCUT2D eigenvalue weighted by molar-refractivity contribution is 0.100. The van der Waals surface area contributed by atoms with Gasteiger partial charge in [0.25, 0.3) is 0 Å². The van der Waals surface area contributed by atoms with E-state index < -0.39 is 5.91 Å². The molecule has 0 saturated heterocycles. The monoisotopic (exact) mass is 256 g/mol. The van der Waals surface area contributed by atoms with E-state index >= 15 is 0 Å². The van der Waals surface area contributed by atoms with Crippen LogP contribution in [0.25, 0.3) is 0 Å². The maximum atomic E-state index is 11.0. The second-order valence-electron chi connectivity index (χ2n) is 4.13. The van der Waals surface area contributed by atoms with E-state index in [1.54, 1.807) is 24.3 Å². The van der Waals surface area contributed by atoms with Crippen LogP contribution in [0.4, 0.5) is 0 Å². The Bertz CT molecular complexity index is 565. The molecule has 0 aliphatic carbocycles. The summed E-state index contributed by atoms with van der Waals surface area (Å²) in [6, 6.07) is 14.6. The van der Waals surface area contributed by atoms with E-state index in [1.165, 1.54) is 0 Å². The first kappa shape index (κ1) is 13.1. The first-order chi connectivity index (χ1) is 9.20. The third kappa shape index (κ3) is 3.33. The zero-order chi connectivity index (χ0) is 13.7. The lowest BCUT2D eigenvalue weighted by atomic mass is 10.2. The highest BCUT2D eigenvalue weighted by Gasteiger charge is 2.04. The molecular weight excluding hydrogens is 240 g/mol. The number of ether oxygens (including phenoxy) is 1. The van der Waals surface area contributed by atoms with E-state index in [9.17, 15) is 4.79 Å². The Labute approximate surface area is 112 Å². The highest BCUT2D eigenvalue weighted by molar-refractivity contribution is 5.92. The summed E-state index contributed by atoms with van der Waals surface area (Å²) in [6.45, 7) is 0.732. The summed E-state index contributed by atoms with van der Waals surface area (Å²) >= 11 is 0. The highest BCUT2D eigenvalue weighted by Crippen LogP contribution is 2.25. The Kier molecular flexibility index (Phi) is 4.15. The number of para-hydroxylation sites is 1. The van der Waals surface area contributed by atoms with Crippen molar-refractivity contribution in [3.63, 3.8) is 0 Å². The van der Waals surface area contributed by atoms with Crippen molar-refractivity contribution in [1.82, 2.24) is 5.32 Å². The Balaban J connectivity index is 2.19. The van der Waals surface area contributed by atoms with Crippen molar-refractivity contribution >= 4 is 5.91 Å². The minimum absolute atomic E-state index is 0.442. The Morgan fingerprint density at radius 2 is 1.84 bits per heavy atom. The summed E-state index contributed by atoms with van der Waals surface area (Å²) in [7, 11) is 1.89. The second kappa shape index (κ2) is 6.02. The number of primary amides is 1. The number of nitrogens with two attached hydrogens (primary N) is 1. The second-order valence-corrected chi connectivity index (χ2v) is 4.13. The average Bonchev–Trinajstić information content (AvgIpc) is 2.42. The predicted octanol–water partition coefficient (Wildman–Crippen LogP) is 2.30. The first-order valence-corrected chi connectivity index (χ1v) is 6.01. The smallest absolute Gasteiger partial charge is 0.248 e. The normalized spacial score (nSPS) is 10.2. The van der Waals surface area contributed by atoms with Crippen molar-refractivity contribution in [3.05, 3.63) is 59.7 Å². The van der Waals surface area contributed by atoms with E-state index in [0.29, 0.717) is 11.3 Å². The fourth-order valence-corrected chi connectivity index (χ4v) is 1.75. The van der Waals surface area contributed by atoms with Crippen LogP contribution in [0, 0.1) is 0 Å². The molecule has 0 atom stereocenters. The van der Waals surface area contributed by atoms with Crippen LogP contribution in [-0.2, 0) is 6.54 Å². The third-order valence-corrected chi connectivity index (χ3v) is 2.71. The van der Waals surface area contributed by atoms with Crippen molar-refractivity contribution < 1.29 is 9.53 Å². The summed E-state index contributed by atoms with van der Waals surface area (Å²) in [5, 5.41) is 3.09. The fraction of sp³-hybridized carbons (Fsp3) is 0.133. The molecule has 4 nitrogen and oxygen atoms in total.